The molecule has 0 amide bonds. The van der Waals surface area contributed by atoms with Crippen LogP contribution in [0.4, 0.5) is 5.69 Å². The molecule has 1 saturated carbocycles. The minimum Gasteiger partial charge on any atom is -0.493 e. The number of hydrogen-bond acceptors (Lipinski definition) is 6. The zero-order valence-electron chi connectivity index (χ0n) is 14.6. The lowest BCUT2D eigenvalue weighted by atomic mass is 10.0. The maximum absolute atomic E-state index is 13.0. The van der Waals surface area contributed by atoms with Crippen LogP contribution in [0.25, 0.3) is 0 Å². The first-order valence-electron chi connectivity index (χ1n) is 8.21. The minimum absolute atomic E-state index is 0.151. The smallest absolute Gasteiger partial charge is 0.327 e. The van der Waals surface area contributed by atoms with Crippen molar-refractivity contribution in [2.45, 2.75) is 12.0 Å². The lowest BCUT2D eigenvalue weighted by Gasteiger charge is -2.14. The van der Waals surface area contributed by atoms with Gasteiger partial charge in [-0.2, -0.15) is 0 Å². The van der Waals surface area contributed by atoms with Gasteiger partial charge in [0.05, 0.1) is 13.2 Å². The van der Waals surface area contributed by atoms with Crippen LogP contribution in [0, 0.1) is 10.8 Å². The van der Waals surface area contributed by atoms with E-state index in [-0.39, 0.29) is 17.5 Å². The molecule has 8 heteroatoms. The van der Waals surface area contributed by atoms with Gasteiger partial charge >= 0.3 is 5.97 Å². The number of benzene rings is 2. The third-order valence-corrected chi connectivity index (χ3v) is 4.66. The molecule has 0 heterocycles. The van der Waals surface area contributed by atoms with Crippen LogP contribution in [0.2, 0.25) is 0 Å². The van der Waals surface area contributed by atoms with Gasteiger partial charge in [0, 0.05) is 17.7 Å². The normalized spacial score (nSPS) is 23.1. The molecular weight excluding hydrogens is 348 g/mol. The van der Waals surface area contributed by atoms with Crippen LogP contribution in [0.15, 0.2) is 48.5 Å². The molecule has 0 saturated heterocycles. The van der Waals surface area contributed by atoms with Crippen molar-refractivity contribution in [1.29, 1.82) is 5.41 Å². The first-order chi connectivity index (χ1) is 12.9. The standard InChI is InChI=1S/C19H20N4O4/c1-26-14-9-12(20)7-8-13(14)27-17(25)19(10-24)15(16(19)23-18(21)22)11-5-3-2-4-6-11/h2-10,15-16H,20H2,1H3,(H4,21,22,23). The fraction of sp³-hybridized carbons (Fsp3) is 0.211. The number of aldehydes is 1. The van der Waals surface area contributed by atoms with E-state index in [0.717, 1.165) is 5.56 Å². The summed E-state index contributed by atoms with van der Waals surface area (Å²) < 4.78 is 10.7. The molecule has 0 aromatic heterocycles. The molecule has 2 aromatic carbocycles. The van der Waals surface area contributed by atoms with Crippen molar-refractivity contribution < 1.29 is 19.1 Å². The molecule has 0 spiro atoms. The molecule has 6 N–H and O–H groups in total. The molecule has 140 valence electrons. The molecule has 3 unspecified atom stereocenters. The molecule has 0 radical (unpaired) electrons. The van der Waals surface area contributed by atoms with E-state index in [9.17, 15) is 9.59 Å². The van der Waals surface area contributed by atoms with Crippen molar-refractivity contribution in [3.63, 3.8) is 0 Å². The molecule has 0 aliphatic heterocycles. The van der Waals surface area contributed by atoms with Gasteiger partial charge in [-0.05, 0) is 17.7 Å². The molecule has 2 aromatic rings. The second kappa shape index (κ2) is 6.99. The second-order valence-corrected chi connectivity index (χ2v) is 6.27. The summed E-state index contributed by atoms with van der Waals surface area (Å²) in [7, 11) is 1.42. The van der Waals surface area contributed by atoms with Crippen LogP contribution in [0.3, 0.4) is 0 Å². The molecule has 1 aliphatic carbocycles. The molecule has 1 fully saturated rings. The molecule has 8 nitrogen and oxygen atoms in total. The summed E-state index contributed by atoms with van der Waals surface area (Å²) in [5.74, 6) is -1.17. The summed E-state index contributed by atoms with van der Waals surface area (Å²) in [6.45, 7) is 0. The number of nitrogens with two attached hydrogens (primary N) is 2. The number of rotatable bonds is 6. The molecule has 3 atom stereocenters. The van der Waals surface area contributed by atoms with E-state index in [1.54, 1.807) is 6.07 Å². The highest BCUT2D eigenvalue weighted by Gasteiger charge is 2.72. The number of esters is 1. The second-order valence-electron chi connectivity index (χ2n) is 6.27. The number of carbonyl (C=O) groups excluding carboxylic acids is 2. The number of methoxy groups -OCH3 is 1. The summed E-state index contributed by atoms with van der Waals surface area (Å²) in [5, 5.41) is 10.2. The van der Waals surface area contributed by atoms with Crippen molar-refractivity contribution >= 4 is 23.9 Å². The summed E-state index contributed by atoms with van der Waals surface area (Å²) in [4.78, 5) is 25.0. The van der Waals surface area contributed by atoms with Crippen LogP contribution in [0.5, 0.6) is 11.5 Å². The van der Waals surface area contributed by atoms with E-state index in [2.05, 4.69) is 5.32 Å². The van der Waals surface area contributed by atoms with E-state index in [4.69, 9.17) is 26.4 Å². The van der Waals surface area contributed by atoms with E-state index < -0.39 is 23.3 Å². The van der Waals surface area contributed by atoms with Crippen molar-refractivity contribution in [1.82, 2.24) is 5.32 Å². The molecule has 27 heavy (non-hydrogen) atoms. The molecule has 0 bridgehead atoms. The number of nitrogen functional groups attached to an aromatic ring is 1. The Morgan fingerprint density at radius 1 is 1.22 bits per heavy atom. The van der Waals surface area contributed by atoms with Gasteiger partial charge in [-0.1, -0.05) is 30.3 Å². The van der Waals surface area contributed by atoms with Gasteiger partial charge < -0.3 is 31.1 Å². The average molecular weight is 368 g/mol. The van der Waals surface area contributed by atoms with Gasteiger partial charge in [-0.15, -0.1) is 0 Å². The summed E-state index contributed by atoms with van der Waals surface area (Å²) in [6.07, 6.45) is 0.553. The highest BCUT2D eigenvalue weighted by molar-refractivity contribution is 6.03. The predicted octanol–water partition coefficient (Wildman–Crippen LogP) is 1.02. The first kappa shape index (κ1) is 18.2. The highest BCUT2D eigenvalue weighted by Crippen LogP contribution is 2.58. The van der Waals surface area contributed by atoms with Gasteiger partial charge in [-0.3, -0.25) is 10.2 Å². The lowest BCUT2D eigenvalue weighted by molar-refractivity contribution is -0.143. The Morgan fingerprint density at radius 3 is 2.52 bits per heavy atom. The summed E-state index contributed by atoms with van der Waals surface area (Å²) in [5.41, 5.74) is 10.9. The largest absolute Gasteiger partial charge is 0.493 e. The minimum atomic E-state index is -1.50. The molecule has 1 aliphatic rings. The summed E-state index contributed by atoms with van der Waals surface area (Å²) in [6, 6.07) is 13.0. The van der Waals surface area contributed by atoms with E-state index in [0.29, 0.717) is 12.0 Å². The van der Waals surface area contributed by atoms with Crippen LogP contribution < -0.4 is 26.3 Å². The van der Waals surface area contributed by atoms with Crippen molar-refractivity contribution in [2.24, 2.45) is 11.1 Å². The van der Waals surface area contributed by atoms with E-state index in [1.807, 2.05) is 30.3 Å². The number of carbonyl (C=O) groups is 2. The number of ether oxygens (including phenoxy) is 2. The van der Waals surface area contributed by atoms with Gasteiger partial charge in [0.2, 0.25) is 0 Å². The Morgan fingerprint density at radius 2 is 1.93 bits per heavy atom. The fourth-order valence-corrected chi connectivity index (χ4v) is 3.31. The number of anilines is 1. The maximum atomic E-state index is 13.0. The Labute approximate surface area is 156 Å². The average Bonchev–Trinajstić information content (AvgIpc) is 3.31. The van der Waals surface area contributed by atoms with Crippen LogP contribution in [0.1, 0.15) is 11.5 Å². The predicted molar refractivity (Wildman–Crippen MR) is 99.6 cm³/mol. The van der Waals surface area contributed by atoms with Gasteiger partial charge in [0.15, 0.2) is 22.9 Å². The third-order valence-electron chi connectivity index (χ3n) is 4.66. The summed E-state index contributed by atoms with van der Waals surface area (Å²) >= 11 is 0. The van der Waals surface area contributed by atoms with Gasteiger partial charge in [0.25, 0.3) is 0 Å². The quantitative estimate of drug-likeness (QED) is 0.113. The molecular formula is C19H20N4O4. The number of nitrogens with one attached hydrogen (secondary N) is 2. The number of guanidine groups is 1. The Balaban J connectivity index is 1.94. The maximum Gasteiger partial charge on any atom is 0.327 e. The van der Waals surface area contributed by atoms with Crippen LogP contribution in [-0.4, -0.2) is 31.4 Å². The Hall–Kier alpha value is -3.55. The highest BCUT2D eigenvalue weighted by atomic mass is 16.6. The zero-order valence-corrected chi connectivity index (χ0v) is 14.6. The fourth-order valence-electron chi connectivity index (χ4n) is 3.31. The molecule has 3 rings (SSSR count). The van der Waals surface area contributed by atoms with E-state index >= 15 is 0 Å². The van der Waals surface area contributed by atoms with Crippen molar-refractivity contribution in [3.8, 4) is 11.5 Å². The van der Waals surface area contributed by atoms with Gasteiger partial charge in [0.1, 0.15) is 6.29 Å². The van der Waals surface area contributed by atoms with Crippen molar-refractivity contribution in [2.75, 3.05) is 12.8 Å². The third kappa shape index (κ3) is 3.17. The lowest BCUT2D eigenvalue weighted by Crippen LogP contribution is -2.38. The van der Waals surface area contributed by atoms with Crippen LogP contribution in [-0.2, 0) is 9.59 Å². The Bertz CT molecular complexity index is 887. The van der Waals surface area contributed by atoms with E-state index in [1.165, 1.54) is 19.2 Å². The van der Waals surface area contributed by atoms with Gasteiger partial charge in [-0.25, -0.2) is 0 Å². The topological polar surface area (TPSA) is 141 Å². The monoisotopic (exact) mass is 368 g/mol. The van der Waals surface area contributed by atoms with Crippen LogP contribution >= 0.6 is 0 Å². The SMILES string of the molecule is COc1cc(N)ccc1OC(=O)C1(C=O)C(NC(=N)N)C1c1ccccc1. The Kier molecular flexibility index (Phi) is 4.72. The zero-order chi connectivity index (χ0) is 19.6. The van der Waals surface area contributed by atoms with Crippen molar-refractivity contribution in [3.05, 3.63) is 54.1 Å². The number of hydrogen-bond donors (Lipinski definition) is 4. The first-order valence-corrected chi connectivity index (χ1v) is 8.21.